The van der Waals surface area contributed by atoms with Gasteiger partial charge in [0.2, 0.25) is 0 Å². The number of hydrogen-bond donors (Lipinski definition) is 3. The van der Waals surface area contributed by atoms with Gasteiger partial charge in [0, 0.05) is 12.8 Å². The first kappa shape index (κ1) is 51.2. The van der Waals surface area contributed by atoms with Gasteiger partial charge in [-0.3, -0.25) is 23.4 Å². The van der Waals surface area contributed by atoms with Gasteiger partial charge in [-0.05, 0) is 38.5 Å². The predicted octanol–water partition coefficient (Wildman–Crippen LogP) is 10.9. The zero-order chi connectivity index (χ0) is 39.3. The molecule has 3 atom stereocenters. The van der Waals surface area contributed by atoms with E-state index in [1.165, 1.54) is 116 Å². The number of carbonyl (C=O) groups excluding carboxylic acids is 2. The molecule has 0 aromatic heterocycles. The summed E-state index contributed by atoms with van der Waals surface area (Å²) in [6.45, 7) is 2.80. The van der Waals surface area contributed by atoms with E-state index in [2.05, 4.69) is 30.5 Å². The number of phosphoric acid groups is 1. The quantitative estimate of drug-likeness (QED) is 0.0234. The highest BCUT2D eigenvalue weighted by atomic mass is 31.2. The highest BCUT2D eigenvalue weighted by Gasteiger charge is 2.28. The minimum Gasteiger partial charge on any atom is -0.480 e. The number of carbonyl (C=O) groups is 3. The monoisotopic (exact) mass is 776 g/mol. The van der Waals surface area contributed by atoms with Crippen molar-refractivity contribution < 1.29 is 47.5 Å². The van der Waals surface area contributed by atoms with Crippen molar-refractivity contribution in [1.29, 1.82) is 0 Å². The molecule has 0 aromatic carbocycles. The molecule has 11 nitrogen and oxygen atoms in total. The third-order valence-electron chi connectivity index (χ3n) is 9.26. The fourth-order valence-corrected chi connectivity index (χ4v) is 6.66. The van der Waals surface area contributed by atoms with E-state index in [4.69, 9.17) is 24.8 Å². The Balaban J connectivity index is 4.35. The van der Waals surface area contributed by atoms with E-state index in [1.54, 1.807) is 0 Å². The van der Waals surface area contributed by atoms with Crippen molar-refractivity contribution in [1.82, 2.24) is 0 Å². The molecule has 0 radical (unpaired) electrons. The van der Waals surface area contributed by atoms with Crippen LogP contribution < -0.4 is 5.73 Å². The fraction of sp³-hybridized carbons (Fsp3) is 0.878. The normalized spacial score (nSPS) is 13.9. The zero-order valence-corrected chi connectivity index (χ0v) is 34.5. The van der Waals surface area contributed by atoms with Gasteiger partial charge in [0.25, 0.3) is 0 Å². The molecule has 0 saturated heterocycles. The standard InChI is InChI=1S/C41H78NO10P/c1-3-5-7-9-11-13-15-17-18-19-20-21-23-25-27-29-31-33-40(44)52-37(35-50-53(47,48)51-36-38(42)41(45)46)34-49-39(43)32-30-28-26-24-22-16-14-12-10-8-6-4-2/h17-18,37-38H,3-16,19-36,42H2,1-2H3,(H,45,46)(H,47,48)/b18-17+/t37-,38+/m1/s1. The van der Waals surface area contributed by atoms with Crippen LogP contribution in [0.25, 0.3) is 0 Å². The maximum atomic E-state index is 12.6. The Morgan fingerprint density at radius 2 is 0.943 bits per heavy atom. The van der Waals surface area contributed by atoms with Gasteiger partial charge in [-0.15, -0.1) is 0 Å². The molecule has 0 aliphatic rings. The second kappa shape index (κ2) is 37.2. The number of carboxylic acid groups (broad SMARTS) is 1. The Morgan fingerprint density at radius 3 is 1.38 bits per heavy atom. The summed E-state index contributed by atoms with van der Waals surface area (Å²) in [7, 11) is -4.71. The first-order chi connectivity index (χ1) is 25.6. The molecule has 0 bridgehead atoms. The van der Waals surface area contributed by atoms with Crippen LogP contribution in [0, 0.1) is 0 Å². The molecule has 0 spiro atoms. The Labute approximate surface area is 322 Å². The summed E-state index contributed by atoms with van der Waals surface area (Å²) >= 11 is 0. The molecule has 53 heavy (non-hydrogen) atoms. The van der Waals surface area contributed by atoms with Gasteiger partial charge in [-0.1, -0.05) is 161 Å². The Morgan fingerprint density at radius 1 is 0.566 bits per heavy atom. The van der Waals surface area contributed by atoms with Crippen molar-refractivity contribution in [3.05, 3.63) is 12.2 Å². The topological polar surface area (TPSA) is 172 Å². The molecule has 312 valence electrons. The van der Waals surface area contributed by atoms with Gasteiger partial charge in [-0.25, -0.2) is 4.57 Å². The van der Waals surface area contributed by atoms with Crippen LogP contribution in [0.15, 0.2) is 12.2 Å². The SMILES string of the molecule is CCCCCCCC/C=C/CCCCCCCCCC(=O)O[C@H](COC(=O)CCCCCCCCCCCCCC)COP(=O)(O)OC[C@H](N)C(=O)O. The summed E-state index contributed by atoms with van der Waals surface area (Å²) in [6.07, 6.45) is 35.6. The van der Waals surface area contributed by atoms with Crippen LogP contribution in [0.5, 0.6) is 0 Å². The van der Waals surface area contributed by atoms with Gasteiger partial charge < -0.3 is 25.2 Å². The zero-order valence-electron chi connectivity index (χ0n) is 33.6. The molecule has 0 aliphatic carbocycles. The van der Waals surface area contributed by atoms with Crippen LogP contribution in [-0.4, -0.2) is 59.9 Å². The Hall–Kier alpha value is -1.78. The average molecular weight is 776 g/mol. The van der Waals surface area contributed by atoms with Gasteiger partial charge in [0.05, 0.1) is 13.2 Å². The number of esters is 2. The average Bonchev–Trinajstić information content (AvgIpc) is 3.13. The highest BCUT2D eigenvalue weighted by Crippen LogP contribution is 2.43. The van der Waals surface area contributed by atoms with Gasteiger partial charge in [-0.2, -0.15) is 0 Å². The van der Waals surface area contributed by atoms with Crippen molar-refractivity contribution in [2.75, 3.05) is 19.8 Å². The first-order valence-corrected chi connectivity index (χ1v) is 22.7. The van der Waals surface area contributed by atoms with Crippen LogP contribution in [0.4, 0.5) is 0 Å². The first-order valence-electron chi connectivity index (χ1n) is 21.2. The van der Waals surface area contributed by atoms with E-state index < -0.39 is 51.1 Å². The molecular formula is C41H78NO10P. The van der Waals surface area contributed by atoms with Gasteiger partial charge in [0.1, 0.15) is 12.6 Å². The number of allylic oxidation sites excluding steroid dienone is 2. The molecule has 4 N–H and O–H groups in total. The molecular weight excluding hydrogens is 697 g/mol. The number of nitrogens with two attached hydrogens (primary N) is 1. The van der Waals surface area contributed by atoms with Crippen LogP contribution in [-0.2, 0) is 37.5 Å². The van der Waals surface area contributed by atoms with Crippen LogP contribution >= 0.6 is 7.82 Å². The maximum Gasteiger partial charge on any atom is 0.472 e. The fourth-order valence-electron chi connectivity index (χ4n) is 5.88. The van der Waals surface area contributed by atoms with Crippen molar-refractivity contribution in [2.24, 2.45) is 5.73 Å². The van der Waals surface area contributed by atoms with E-state index >= 15 is 0 Å². The number of rotatable bonds is 40. The van der Waals surface area contributed by atoms with Crippen molar-refractivity contribution in [3.8, 4) is 0 Å². The number of unbranched alkanes of at least 4 members (excludes halogenated alkanes) is 24. The van der Waals surface area contributed by atoms with Gasteiger partial charge >= 0.3 is 25.7 Å². The molecule has 0 aliphatic heterocycles. The summed E-state index contributed by atoms with van der Waals surface area (Å²) < 4.78 is 32.6. The van der Waals surface area contributed by atoms with E-state index in [1.807, 2.05) is 0 Å². The van der Waals surface area contributed by atoms with Crippen LogP contribution in [0.1, 0.15) is 200 Å². The summed E-state index contributed by atoms with van der Waals surface area (Å²) in [5.74, 6) is -2.37. The number of aliphatic carboxylic acids is 1. The summed E-state index contributed by atoms with van der Waals surface area (Å²) in [6, 6.07) is -1.52. The van der Waals surface area contributed by atoms with Crippen LogP contribution in [0.2, 0.25) is 0 Å². The molecule has 12 heteroatoms. The largest absolute Gasteiger partial charge is 0.480 e. The second-order valence-corrected chi connectivity index (χ2v) is 15.9. The van der Waals surface area contributed by atoms with Crippen molar-refractivity contribution >= 4 is 25.7 Å². The smallest absolute Gasteiger partial charge is 0.472 e. The molecule has 0 fully saturated rings. The minimum atomic E-state index is -4.71. The van der Waals surface area contributed by atoms with Crippen LogP contribution in [0.3, 0.4) is 0 Å². The molecule has 0 saturated carbocycles. The highest BCUT2D eigenvalue weighted by molar-refractivity contribution is 7.47. The lowest BCUT2D eigenvalue weighted by atomic mass is 10.0. The molecule has 1 unspecified atom stereocenters. The molecule has 0 heterocycles. The number of hydrogen-bond acceptors (Lipinski definition) is 9. The third kappa shape index (κ3) is 36.9. The molecule has 0 amide bonds. The van der Waals surface area contributed by atoms with E-state index in [0.29, 0.717) is 12.8 Å². The number of phosphoric ester groups is 1. The minimum absolute atomic E-state index is 0.160. The summed E-state index contributed by atoms with van der Waals surface area (Å²) in [5, 5.41) is 8.87. The third-order valence-corrected chi connectivity index (χ3v) is 10.2. The lowest BCUT2D eigenvalue weighted by molar-refractivity contribution is -0.161. The molecule has 0 aromatic rings. The number of ether oxygens (including phenoxy) is 2. The van der Waals surface area contributed by atoms with Crippen molar-refractivity contribution in [3.63, 3.8) is 0 Å². The van der Waals surface area contributed by atoms with E-state index in [9.17, 15) is 23.8 Å². The summed E-state index contributed by atoms with van der Waals surface area (Å²) in [4.78, 5) is 45.9. The van der Waals surface area contributed by atoms with E-state index in [0.717, 1.165) is 44.9 Å². The number of carboxylic acids is 1. The Kier molecular flexibility index (Phi) is 35.9. The van der Waals surface area contributed by atoms with E-state index in [-0.39, 0.29) is 19.4 Å². The second-order valence-electron chi connectivity index (χ2n) is 14.5. The Bertz CT molecular complexity index is 963. The lowest BCUT2D eigenvalue weighted by Gasteiger charge is -2.20. The van der Waals surface area contributed by atoms with Gasteiger partial charge in [0.15, 0.2) is 6.10 Å². The maximum absolute atomic E-state index is 12.6. The molecule has 0 rings (SSSR count). The predicted molar refractivity (Wildman–Crippen MR) is 213 cm³/mol. The van der Waals surface area contributed by atoms with Crippen molar-refractivity contribution in [2.45, 2.75) is 212 Å². The summed E-state index contributed by atoms with van der Waals surface area (Å²) in [5.41, 5.74) is 5.33. The lowest BCUT2D eigenvalue weighted by Crippen LogP contribution is -2.34.